The van der Waals surface area contributed by atoms with E-state index in [9.17, 15) is 19.8 Å². The van der Waals surface area contributed by atoms with Crippen molar-refractivity contribution >= 4 is 11.9 Å². The van der Waals surface area contributed by atoms with E-state index >= 15 is 0 Å². The molecule has 1 aromatic rings. The molecule has 1 aliphatic heterocycles. The molecule has 3 unspecified atom stereocenters. The Morgan fingerprint density at radius 1 is 1.32 bits per heavy atom. The maximum absolute atomic E-state index is 12.4. The van der Waals surface area contributed by atoms with Gasteiger partial charge in [-0.15, -0.1) is 0 Å². The molecule has 138 valence electrons. The number of para-hydroxylation sites is 1. The molecule has 1 saturated heterocycles. The number of likely N-dealkylation sites (tertiary alicyclic amines) is 1. The number of amides is 1. The van der Waals surface area contributed by atoms with Gasteiger partial charge in [-0.1, -0.05) is 39.0 Å². The molecule has 0 aromatic heterocycles. The lowest BCUT2D eigenvalue weighted by Crippen LogP contribution is -2.58. The molecule has 1 aromatic carbocycles. The minimum Gasteiger partial charge on any atom is -0.491 e. The number of benzene rings is 1. The lowest BCUT2D eigenvalue weighted by molar-refractivity contribution is -0.158. The van der Waals surface area contributed by atoms with Crippen LogP contribution in [0.25, 0.3) is 0 Å². The summed E-state index contributed by atoms with van der Waals surface area (Å²) in [5.74, 6) is -0.995. The highest BCUT2D eigenvalue weighted by Crippen LogP contribution is 2.36. The summed E-state index contributed by atoms with van der Waals surface area (Å²) in [4.78, 5) is 25.6. The molecule has 2 N–H and O–H groups in total. The van der Waals surface area contributed by atoms with Crippen molar-refractivity contribution in [3.05, 3.63) is 30.3 Å². The predicted octanol–water partition coefficient (Wildman–Crippen LogP) is 2.16. The van der Waals surface area contributed by atoms with Crippen molar-refractivity contribution in [2.45, 2.75) is 45.8 Å². The van der Waals surface area contributed by atoms with E-state index in [1.54, 1.807) is 12.1 Å². The Morgan fingerprint density at radius 2 is 1.96 bits per heavy atom. The average Bonchev–Trinajstić information content (AvgIpc) is 2.54. The second-order valence-corrected chi connectivity index (χ2v) is 7.62. The van der Waals surface area contributed by atoms with Crippen molar-refractivity contribution in [3.8, 4) is 5.75 Å². The second kappa shape index (κ2) is 7.87. The van der Waals surface area contributed by atoms with E-state index in [0.717, 1.165) is 0 Å². The van der Waals surface area contributed by atoms with Gasteiger partial charge in [-0.05, 0) is 24.0 Å². The van der Waals surface area contributed by atoms with Gasteiger partial charge in [0.2, 0.25) is 5.91 Å². The minimum atomic E-state index is -0.896. The Hall–Kier alpha value is -2.08. The fourth-order valence-corrected chi connectivity index (χ4v) is 3.49. The topological polar surface area (TPSA) is 87.1 Å². The van der Waals surface area contributed by atoms with Gasteiger partial charge in [0.1, 0.15) is 18.5 Å². The molecule has 6 nitrogen and oxygen atoms in total. The van der Waals surface area contributed by atoms with E-state index in [0.29, 0.717) is 12.2 Å². The molecule has 0 bridgehead atoms. The van der Waals surface area contributed by atoms with Crippen LogP contribution in [0.2, 0.25) is 0 Å². The summed E-state index contributed by atoms with van der Waals surface area (Å²) in [6.45, 7) is 5.88. The summed E-state index contributed by atoms with van der Waals surface area (Å²) in [7, 11) is 0. The van der Waals surface area contributed by atoms with Crippen molar-refractivity contribution in [3.63, 3.8) is 0 Å². The van der Waals surface area contributed by atoms with Crippen LogP contribution in [-0.2, 0) is 9.59 Å². The van der Waals surface area contributed by atoms with Gasteiger partial charge >= 0.3 is 5.97 Å². The third kappa shape index (κ3) is 4.95. The lowest BCUT2D eigenvalue weighted by atomic mass is 9.73. The first-order valence-electron chi connectivity index (χ1n) is 8.58. The largest absolute Gasteiger partial charge is 0.491 e. The van der Waals surface area contributed by atoms with Gasteiger partial charge in [0.25, 0.3) is 0 Å². The van der Waals surface area contributed by atoms with Crippen molar-refractivity contribution in [2.75, 3.05) is 13.2 Å². The molecule has 0 aliphatic carbocycles. The van der Waals surface area contributed by atoms with Gasteiger partial charge in [-0.25, -0.2) is 0 Å². The van der Waals surface area contributed by atoms with E-state index in [4.69, 9.17) is 4.74 Å². The molecule has 2 rings (SSSR count). The van der Waals surface area contributed by atoms with Crippen LogP contribution in [0.5, 0.6) is 5.75 Å². The number of aliphatic hydroxyl groups is 1. The maximum atomic E-state index is 12.4. The highest BCUT2D eigenvalue weighted by atomic mass is 16.5. The molecule has 1 heterocycles. The highest BCUT2D eigenvalue weighted by Gasteiger charge is 2.46. The lowest BCUT2D eigenvalue weighted by Gasteiger charge is -2.47. The Bertz CT molecular complexity index is 596. The zero-order valence-corrected chi connectivity index (χ0v) is 15.0. The fraction of sp³-hybridized carbons (Fsp3) is 0.579. The number of aliphatic carboxylic acids is 1. The van der Waals surface area contributed by atoms with Gasteiger partial charge in [-0.3, -0.25) is 9.59 Å². The molecule has 0 radical (unpaired) electrons. The van der Waals surface area contributed by atoms with Crippen LogP contribution >= 0.6 is 0 Å². The number of hydrogen-bond acceptors (Lipinski definition) is 4. The molecular weight excluding hydrogens is 322 g/mol. The van der Waals surface area contributed by atoms with Crippen LogP contribution in [-0.4, -0.2) is 52.3 Å². The monoisotopic (exact) mass is 349 g/mol. The Morgan fingerprint density at radius 3 is 2.52 bits per heavy atom. The van der Waals surface area contributed by atoms with Crippen LogP contribution in [0.4, 0.5) is 0 Å². The maximum Gasteiger partial charge on any atom is 0.308 e. The predicted molar refractivity (Wildman–Crippen MR) is 93.3 cm³/mol. The third-order valence-electron chi connectivity index (χ3n) is 4.50. The molecule has 25 heavy (non-hydrogen) atoms. The Labute approximate surface area is 148 Å². The molecule has 6 heteroatoms. The van der Waals surface area contributed by atoms with Gasteiger partial charge in [-0.2, -0.15) is 0 Å². The first kappa shape index (κ1) is 19.2. The summed E-state index contributed by atoms with van der Waals surface area (Å²) in [6.07, 6.45) is -0.361. The summed E-state index contributed by atoms with van der Waals surface area (Å²) >= 11 is 0. The summed E-state index contributed by atoms with van der Waals surface area (Å²) < 4.78 is 5.54. The summed E-state index contributed by atoms with van der Waals surface area (Å²) in [5, 5.41) is 19.9. The standard InChI is InChI=1S/C19H27NO5/c1-19(2,3)17-15(18(23)24)9-10-16(22)20(17)11-13(21)12-25-14-7-5-4-6-8-14/h4-8,13,15,17,21H,9-12H2,1-3H3,(H,23,24). The number of carbonyl (C=O) groups is 2. The van der Waals surface area contributed by atoms with Gasteiger partial charge < -0.3 is 19.8 Å². The molecule has 1 fully saturated rings. The van der Waals surface area contributed by atoms with Crippen LogP contribution in [0.15, 0.2) is 30.3 Å². The van der Waals surface area contributed by atoms with Crippen LogP contribution in [0.3, 0.4) is 0 Å². The number of carbonyl (C=O) groups excluding carboxylic acids is 1. The van der Waals surface area contributed by atoms with Gasteiger partial charge in [0, 0.05) is 12.5 Å². The second-order valence-electron chi connectivity index (χ2n) is 7.62. The molecule has 0 saturated carbocycles. The number of carboxylic acid groups (broad SMARTS) is 1. The van der Waals surface area contributed by atoms with E-state index in [1.807, 2.05) is 39.0 Å². The van der Waals surface area contributed by atoms with Crippen LogP contribution in [0, 0.1) is 11.3 Å². The zero-order valence-electron chi connectivity index (χ0n) is 15.0. The van der Waals surface area contributed by atoms with Crippen molar-refractivity contribution in [1.82, 2.24) is 4.90 Å². The number of rotatable bonds is 6. The number of carboxylic acids is 1. The quantitative estimate of drug-likeness (QED) is 0.822. The van der Waals surface area contributed by atoms with Gasteiger partial charge in [0.15, 0.2) is 0 Å². The average molecular weight is 349 g/mol. The first-order chi connectivity index (χ1) is 11.7. The third-order valence-corrected chi connectivity index (χ3v) is 4.50. The number of piperidine rings is 1. The number of β-amino-alcohol motifs (C(OH)–C–C–N with tert-alkyl or cyclic N) is 1. The molecule has 1 aliphatic rings. The smallest absolute Gasteiger partial charge is 0.308 e. The van der Waals surface area contributed by atoms with E-state index in [1.165, 1.54) is 4.90 Å². The normalized spacial score (nSPS) is 22.6. The van der Waals surface area contributed by atoms with E-state index in [-0.39, 0.29) is 25.5 Å². The fourth-order valence-electron chi connectivity index (χ4n) is 3.49. The number of aliphatic hydroxyl groups excluding tert-OH is 1. The highest BCUT2D eigenvalue weighted by molar-refractivity contribution is 5.81. The summed E-state index contributed by atoms with van der Waals surface area (Å²) in [6, 6.07) is 8.66. The Kier molecular flexibility index (Phi) is 6.06. The molecule has 0 spiro atoms. The van der Waals surface area contributed by atoms with Crippen molar-refractivity contribution < 1.29 is 24.5 Å². The minimum absolute atomic E-state index is 0.0440. The molecular formula is C19H27NO5. The SMILES string of the molecule is CC(C)(C)C1C(C(=O)O)CCC(=O)N1CC(O)COc1ccccc1. The number of ether oxygens (including phenoxy) is 1. The van der Waals surface area contributed by atoms with Crippen LogP contribution < -0.4 is 4.74 Å². The number of hydrogen-bond donors (Lipinski definition) is 2. The van der Waals surface area contributed by atoms with Gasteiger partial charge in [0.05, 0.1) is 12.5 Å². The van der Waals surface area contributed by atoms with Crippen LogP contribution in [0.1, 0.15) is 33.6 Å². The first-order valence-corrected chi connectivity index (χ1v) is 8.58. The zero-order chi connectivity index (χ0) is 18.6. The van der Waals surface area contributed by atoms with Crippen molar-refractivity contribution in [1.29, 1.82) is 0 Å². The molecule has 3 atom stereocenters. The Balaban J connectivity index is 2.07. The van der Waals surface area contributed by atoms with E-state index in [2.05, 4.69) is 0 Å². The summed E-state index contributed by atoms with van der Waals surface area (Å²) in [5.41, 5.74) is -0.404. The van der Waals surface area contributed by atoms with Crippen molar-refractivity contribution in [2.24, 2.45) is 11.3 Å². The number of nitrogens with zero attached hydrogens (tertiary/aromatic N) is 1. The van der Waals surface area contributed by atoms with E-state index < -0.39 is 29.4 Å². The molecule has 1 amide bonds.